The summed E-state index contributed by atoms with van der Waals surface area (Å²) in [6, 6.07) is 10.1. The SMILES string of the molecule is CCCCNC(=O)CCc1nc(-c2ccccc2)cs1. The van der Waals surface area contributed by atoms with Crippen molar-refractivity contribution in [2.75, 3.05) is 6.54 Å². The van der Waals surface area contributed by atoms with Crippen molar-refractivity contribution in [1.82, 2.24) is 10.3 Å². The maximum atomic E-state index is 11.6. The Bertz CT molecular complexity index is 536. The van der Waals surface area contributed by atoms with Crippen LogP contribution in [-0.2, 0) is 11.2 Å². The zero-order valence-electron chi connectivity index (χ0n) is 11.8. The van der Waals surface area contributed by atoms with Gasteiger partial charge in [0.1, 0.15) is 0 Å². The Balaban J connectivity index is 1.83. The predicted molar refractivity (Wildman–Crippen MR) is 83.8 cm³/mol. The van der Waals surface area contributed by atoms with E-state index in [2.05, 4.69) is 34.7 Å². The van der Waals surface area contributed by atoms with Crippen LogP contribution in [-0.4, -0.2) is 17.4 Å². The minimum absolute atomic E-state index is 0.120. The summed E-state index contributed by atoms with van der Waals surface area (Å²) < 4.78 is 0. The number of amides is 1. The van der Waals surface area contributed by atoms with Gasteiger partial charge in [0.25, 0.3) is 0 Å². The molecule has 2 aromatic rings. The molecule has 1 N–H and O–H groups in total. The highest BCUT2D eigenvalue weighted by atomic mass is 32.1. The van der Waals surface area contributed by atoms with E-state index in [4.69, 9.17) is 0 Å². The summed E-state index contributed by atoms with van der Waals surface area (Å²) in [7, 11) is 0. The van der Waals surface area contributed by atoms with Crippen LogP contribution in [0.2, 0.25) is 0 Å². The lowest BCUT2D eigenvalue weighted by atomic mass is 10.2. The number of hydrogen-bond acceptors (Lipinski definition) is 3. The molecular formula is C16H20N2OS. The van der Waals surface area contributed by atoms with E-state index in [9.17, 15) is 4.79 Å². The smallest absolute Gasteiger partial charge is 0.220 e. The molecule has 0 saturated carbocycles. The van der Waals surface area contributed by atoms with E-state index >= 15 is 0 Å². The average Bonchev–Trinajstić information content (AvgIpc) is 2.95. The number of thiazole rings is 1. The van der Waals surface area contributed by atoms with E-state index in [-0.39, 0.29) is 5.91 Å². The Morgan fingerprint density at radius 3 is 2.85 bits per heavy atom. The van der Waals surface area contributed by atoms with Gasteiger partial charge in [0.2, 0.25) is 5.91 Å². The lowest BCUT2D eigenvalue weighted by Gasteiger charge is -2.02. The first-order chi connectivity index (χ1) is 9.79. The molecule has 1 heterocycles. The molecule has 20 heavy (non-hydrogen) atoms. The van der Waals surface area contributed by atoms with E-state index in [0.717, 1.165) is 42.1 Å². The van der Waals surface area contributed by atoms with Crippen molar-refractivity contribution in [1.29, 1.82) is 0 Å². The molecule has 0 atom stereocenters. The molecule has 106 valence electrons. The van der Waals surface area contributed by atoms with Gasteiger partial charge < -0.3 is 5.32 Å². The highest BCUT2D eigenvalue weighted by Crippen LogP contribution is 2.22. The Morgan fingerprint density at radius 1 is 1.30 bits per heavy atom. The maximum Gasteiger partial charge on any atom is 0.220 e. The second kappa shape index (κ2) is 7.80. The standard InChI is InChI=1S/C16H20N2OS/c1-2-3-11-17-15(19)9-10-16-18-14(12-20-16)13-7-5-4-6-8-13/h4-8,12H,2-3,9-11H2,1H3,(H,17,19). The van der Waals surface area contributed by atoms with Gasteiger partial charge in [-0.3, -0.25) is 4.79 Å². The van der Waals surface area contributed by atoms with Crippen molar-refractivity contribution in [2.45, 2.75) is 32.6 Å². The highest BCUT2D eigenvalue weighted by molar-refractivity contribution is 7.09. The summed E-state index contributed by atoms with van der Waals surface area (Å²) in [5.41, 5.74) is 2.12. The van der Waals surface area contributed by atoms with E-state index in [1.165, 1.54) is 0 Å². The molecule has 2 rings (SSSR count). The van der Waals surface area contributed by atoms with Crippen molar-refractivity contribution < 1.29 is 4.79 Å². The van der Waals surface area contributed by atoms with Crippen LogP contribution in [0.3, 0.4) is 0 Å². The monoisotopic (exact) mass is 288 g/mol. The Hall–Kier alpha value is -1.68. The van der Waals surface area contributed by atoms with E-state index in [1.54, 1.807) is 11.3 Å². The highest BCUT2D eigenvalue weighted by Gasteiger charge is 2.06. The van der Waals surface area contributed by atoms with E-state index in [0.29, 0.717) is 6.42 Å². The van der Waals surface area contributed by atoms with Crippen LogP contribution in [0.5, 0.6) is 0 Å². The molecule has 4 heteroatoms. The van der Waals surface area contributed by atoms with Gasteiger partial charge in [0.15, 0.2) is 0 Å². The summed E-state index contributed by atoms with van der Waals surface area (Å²) in [5.74, 6) is 0.120. The summed E-state index contributed by atoms with van der Waals surface area (Å²) >= 11 is 1.62. The predicted octanol–water partition coefficient (Wildman–Crippen LogP) is 3.66. The van der Waals surface area contributed by atoms with Gasteiger partial charge in [0.05, 0.1) is 10.7 Å². The van der Waals surface area contributed by atoms with Crippen LogP contribution >= 0.6 is 11.3 Å². The molecule has 0 spiro atoms. The minimum atomic E-state index is 0.120. The van der Waals surface area contributed by atoms with Gasteiger partial charge in [-0.05, 0) is 6.42 Å². The number of unbranched alkanes of at least 4 members (excludes halogenated alkanes) is 1. The number of benzene rings is 1. The van der Waals surface area contributed by atoms with Crippen molar-refractivity contribution in [3.05, 3.63) is 40.7 Å². The van der Waals surface area contributed by atoms with Crippen molar-refractivity contribution >= 4 is 17.2 Å². The first-order valence-corrected chi connectivity index (χ1v) is 7.94. The first-order valence-electron chi connectivity index (χ1n) is 7.06. The third-order valence-corrected chi connectivity index (χ3v) is 3.95. The van der Waals surface area contributed by atoms with Gasteiger partial charge >= 0.3 is 0 Å². The third-order valence-electron chi connectivity index (χ3n) is 3.04. The molecule has 0 fully saturated rings. The molecule has 0 saturated heterocycles. The molecule has 1 aromatic heterocycles. The lowest BCUT2D eigenvalue weighted by Crippen LogP contribution is -2.24. The number of aryl methyl sites for hydroxylation is 1. The molecule has 0 aliphatic heterocycles. The fourth-order valence-corrected chi connectivity index (χ4v) is 2.69. The van der Waals surface area contributed by atoms with Crippen LogP contribution in [0, 0.1) is 0 Å². The number of aromatic nitrogens is 1. The van der Waals surface area contributed by atoms with Gasteiger partial charge in [-0.2, -0.15) is 0 Å². The minimum Gasteiger partial charge on any atom is -0.356 e. The summed E-state index contributed by atoms with van der Waals surface area (Å²) in [6.45, 7) is 2.90. The van der Waals surface area contributed by atoms with Crippen LogP contribution in [0.15, 0.2) is 35.7 Å². The molecule has 0 unspecified atom stereocenters. The summed E-state index contributed by atoms with van der Waals surface area (Å²) in [4.78, 5) is 16.2. The van der Waals surface area contributed by atoms with Crippen LogP contribution in [0.4, 0.5) is 0 Å². The van der Waals surface area contributed by atoms with Crippen LogP contribution in [0.25, 0.3) is 11.3 Å². The Kier molecular flexibility index (Phi) is 5.74. The first kappa shape index (κ1) is 14.7. The van der Waals surface area contributed by atoms with E-state index < -0.39 is 0 Å². The normalized spacial score (nSPS) is 10.4. The quantitative estimate of drug-likeness (QED) is 0.790. The zero-order valence-corrected chi connectivity index (χ0v) is 12.6. The van der Waals surface area contributed by atoms with Gasteiger partial charge in [-0.1, -0.05) is 43.7 Å². The number of carbonyl (C=O) groups excluding carboxylic acids is 1. The molecule has 0 aliphatic rings. The fraction of sp³-hybridized carbons (Fsp3) is 0.375. The second-order valence-electron chi connectivity index (χ2n) is 4.70. The zero-order chi connectivity index (χ0) is 14.2. The molecule has 0 bridgehead atoms. The number of hydrogen-bond donors (Lipinski definition) is 1. The van der Waals surface area contributed by atoms with Gasteiger partial charge in [0, 0.05) is 30.3 Å². The molecular weight excluding hydrogens is 268 g/mol. The van der Waals surface area contributed by atoms with Crippen LogP contribution in [0.1, 0.15) is 31.2 Å². The molecule has 0 radical (unpaired) electrons. The number of nitrogens with one attached hydrogen (secondary N) is 1. The number of carbonyl (C=O) groups is 1. The third kappa shape index (κ3) is 4.46. The van der Waals surface area contributed by atoms with Gasteiger partial charge in [-0.15, -0.1) is 11.3 Å². The molecule has 0 aliphatic carbocycles. The number of nitrogens with zero attached hydrogens (tertiary/aromatic N) is 1. The summed E-state index contributed by atoms with van der Waals surface area (Å²) in [6.07, 6.45) is 3.38. The maximum absolute atomic E-state index is 11.6. The summed E-state index contributed by atoms with van der Waals surface area (Å²) in [5, 5.41) is 6.01. The van der Waals surface area contributed by atoms with Crippen molar-refractivity contribution in [2.24, 2.45) is 0 Å². The largest absolute Gasteiger partial charge is 0.356 e. The molecule has 1 aromatic carbocycles. The average molecular weight is 288 g/mol. The van der Waals surface area contributed by atoms with Crippen molar-refractivity contribution in [3.63, 3.8) is 0 Å². The Morgan fingerprint density at radius 2 is 2.10 bits per heavy atom. The number of rotatable bonds is 7. The van der Waals surface area contributed by atoms with Gasteiger partial charge in [-0.25, -0.2) is 4.98 Å². The molecule has 3 nitrogen and oxygen atoms in total. The van der Waals surface area contributed by atoms with Crippen molar-refractivity contribution in [3.8, 4) is 11.3 Å². The lowest BCUT2D eigenvalue weighted by molar-refractivity contribution is -0.121. The van der Waals surface area contributed by atoms with E-state index in [1.807, 2.05) is 18.2 Å². The topological polar surface area (TPSA) is 42.0 Å². The Labute approximate surface area is 124 Å². The molecule has 1 amide bonds. The fourth-order valence-electron chi connectivity index (χ4n) is 1.88. The van der Waals surface area contributed by atoms with Crippen LogP contribution < -0.4 is 5.32 Å². The second-order valence-corrected chi connectivity index (χ2v) is 5.64.